The number of benzene rings is 1. The summed E-state index contributed by atoms with van der Waals surface area (Å²) in [7, 11) is 0. The fourth-order valence-corrected chi connectivity index (χ4v) is 3.34. The first-order valence-corrected chi connectivity index (χ1v) is 9.96. The molecule has 1 aliphatic heterocycles. The van der Waals surface area contributed by atoms with Gasteiger partial charge in [-0.3, -0.25) is 10.00 Å². The molecular formula is C20H25N9O. The SMILES string of the molecule is Cc1nc(-c2cccc(NC(=O)NCCN3CCN(c4ncccn4)CC3)c2)n[nH]1. The molecule has 0 radical (unpaired) electrons. The molecule has 10 nitrogen and oxygen atoms in total. The maximum atomic E-state index is 12.2. The number of nitrogens with zero attached hydrogens (tertiary/aromatic N) is 6. The lowest BCUT2D eigenvalue weighted by atomic mass is 10.2. The third-order valence-electron chi connectivity index (χ3n) is 4.90. The van der Waals surface area contributed by atoms with Gasteiger partial charge in [-0.25, -0.2) is 19.7 Å². The van der Waals surface area contributed by atoms with Crippen LogP contribution in [0, 0.1) is 6.92 Å². The second-order valence-electron chi connectivity index (χ2n) is 7.08. The lowest BCUT2D eigenvalue weighted by Crippen LogP contribution is -2.49. The molecule has 0 atom stereocenters. The van der Waals surface area contributed by atoms with Gasteiger partial charge in [-0.1, -0.05) is 12.1 Å². The van der Waals surface area contributed by atoms with Crippen LogP contribution in [0.25, 0.3) is 11.4 Å². The highest BCUT2D eigenvalue weighted by atomic mass is 16.2. The largest absolute Gasteiger partial charge is 0.338 e. The van der Waals surface area contributed by atoms with Crippen molar-refractivity contribution in [3.8, 4) is 11.4 Å². The van der Waals surface area contributed by atoms with Gasteiger partial charge in [0.1, 0.15) is 5.82 Å². The molecule has 2 amide bonds. The second kappa shape index (κ2) is 9.31. The fraction of sp³-hybridized carbons (Fsp3) is 0.350. The van der Waals surface area contributed by atoms with Crippen molar-refractivity contribution < 1.29 is 4.79 Å². The Morgan fingerprint density at radius 2 is 1.93 bits per heavy atom. The van der Waals surface area contributed by atoms with E-state index < -0.39 is 0 Å². The second-order valence-corrected chi connectivity index (χ2v) is 7.08. The standard InChI is InChI=1S/C20H25N9O/c1-15-24-18(27-26-15)16-4-2-5-17(14-16)25-20(30)23-8-9-28-10-12-29(13-11-28)19-21-6-3-7-22-19/h2-7,14H,8-13H2,1H3,(H2,23,25,30)(H,24,26,27). The third kappa shape index (κ3) is 5.09. The van der Waals surface area contributed by atoms with E-state index in [1.54, 1.807) is 12.4 Å². The zero-order valence-corrected chi connectivity index (χ0v) is 16.9. The minimum atomic E-state index is -0.227. The molecule has 156 valence electrons. The van der Waals surface area contributed by atoms with Gasteiger partial charge in [-0.2, -0.15) is 5.10 Å². The molecule has 1 aromatic carbocycles. The Morgan fingerprint density at radius 1 is 1.13 bits per heavy atom. The minimum Gasteiger partial charge on any atom is -0.338 e. The van der Waals surface area contributed by atoms with Crippen LogP contribution in [0.5, 0.6) is 0 Å². The average Bonchev–Trinajstić information content (AvgIpc) is 3.21. The number of nitrogens with one attached hydrogen (secondary N) is 3. The van der Waals surface area contributed by atoms with Crippen LogP contribution in [0.3, 0.4) is 0 Å². The number of urea groups is 1. The first-order valence-electron chi connectivity index (χ1n) is 9.96. The van der Waals surface area contributed by atoms with E-state index in [9.17, 15) is 4.79 Å². The number of aromatic nitrogens is 5. The van der Waals surface area contributed by atoms with Gasteiger partial charge in [-0.15, -0.1) is 0 Å². The van der Waals surface area contributed by atoms with E-state index in [1.165, 1.54) is 0 Å². The quantitative estimate of drug-likeness (QED) is 0.567. The molecule has 0 saturated carbocycles. The van der Waals surface area contributed by atoms with E-state index >= 15 is 0 Å². The molecule has 2 aromatic heterocycles. The van der Waals surface area contributed by atoms with Crippen molar-refractivity contribution in [2.75, 3.05) is 49.5 Å². The Labute approximate surface area is 174 Å². The summed E-state index contributed by atoms with van der Waals surface area (Å²) in [4.78, 5) is 29.7. The van der Waals surface area contributed by atoms with Crippen LogP contribution in [0.2, 0.25) is 0 Å². The van der Waals surface area contributed by atoms with Gasteiger partial charge in [0.05, 0.1) is 0 Å². The van der Waals surface area contributed by atoms with E-state index in [2.05, 4.69) is 45.6 Å². The Morgan fingerprint density at radius 3 is 2.67 bits per heavy atom. The number of rotatable bonds is 6. The number of aryl methyl sites for hydroxylation is 1. The number of carbonyl (C=O) groups is 1. The van der Waals surface area contributed by atoms with E-state index in [-0.39, 0.29) is 6.03 Å². The summed E-state index contributed by atoms with van der Waals surface area (Å²) < 4.78 is 0. The first-order chi connectivity index (χ1) is 14.7. The fourth-order valence-electron chi connectivity index (χ4n) is 3.34. The summed E-state index contributed by atoms with van der Waals surface area (Å²) in [5, 5.41) is 12.8. The van der Waals surface area contributed by atoms with Crippen LogP contribution >= 0.6 is 0 Å². The molecule has 0 unspecified atom stereocenters. The van der Waals surface area contributed by atoms with Gasteiger partial charge in [0.2, 0.25) is 5.95 Å². The Bertz CT molecular complexity index is 967. The average molecular weight is 407 g/mol. The van der Waals surface area contributed by atoms with Crippen LogP contribution < -0.4 is 15.5 Å². The van der Waals surface area contributed by atoms with Crippen molar-refractivity contribution in [3.63, 3.8) is 0 Å². The minimum absolute atomic E-state index is 0.227. The van der Waals surface area contributed by atoms with Crippen molar-refractivity contribution in [3.05, 3.63) is 48.5 Å². The van der Waals surface area contributed by atoms with Crippen LogP contribution in [0.4, 0.5) is 16.4 Å². The van der Waals surface area contributed by atoms with E-state index in [0.29, 0.717) is 18.1 Å². The lowest BCUT2D eigenvalue weighted by Gasteiger charge is -2.34. The molecule has 3 aromatic rings. The highest BCUT2D eigenvalue weighted by Gasteiger charge is 2.18. The van der Waals surface area contributed by atoms with Crippen LogP contribution in [-0.4, -0.2) is 75.3 Å². The van der Waals surface area contributed by atoms with Gasteiger partial charge in [-0.05, 0) is 25.1 Å². The molecule has 1 aliphatic rings. The predicted molar refractivity (Wildman–Crippen MR) is 114 cm³/mol. The van der Waals surface area contributed by atoms with Crippen molar-refractivity contribution in [2.45, 2.75) is 6.92 Å². The van der Waals surface area contributed by atoms with E-state index in [0.717, 1.165) is 50.1 Å². The summed E-state index contributed by atoms with van der Waals surface area (Å²) in [6.07, 6.45) is 3.53. The molecule has 3 heterocycles. The Balaban J connectivity index is 1.20. The van der Waals surface area contributed by atoms with Crippen molar-refractivity contribution in [1.29, 1.82) is 0 Å². The number of aromatic amines is 1. The van der Waals surface area contributed by atoms with E-state index in [1.807, 2.05) is 37.3 Å². The summed E-state index contributed by atoms with van der Waals surface area (Å²) >= 11 is 0. The van der Waals surface area contributed by atoms with Crippen molar-refractivity contribution in [2.24, 2.45) is 0 Å². The summed E-state index contributed by atoms with van der Waals surface area (Å²) in [5.74, 6) is 2.13. The number of amides is 2. The summed E-state index contributed by atoms with van der Waals surface area (Å²) in [6, 6.07) is 9.07. The van der Waals surface area contributed by atoms with Gasteiger partial charge in [0.15, 0.2) is 5.82 Å². The number of anilines is 2. The molecule has 1 fully saturated rings. The third-order valence-corrected chi connectivity index (χ3v) is 4.90. The number of carbonyl (C=O) groups excluding carboxylic acids is 1. The number of hydrogen-bond acceptors (Lipinski definition) is 7. The molecule has 1 saturated heterocycles. The van der Waals surface area contributed by atoms with Gasteiger partial charge in [0.25, 0.3) is 0 Å². The normalized spacial score (nSPS) is 14.5. The molecule has 10 heteroatoms. The molecule has 0 bridgehead atoms. The number of hydrogen-bond donors (Lipinski definition) is 3. The zero-order chi connectivity index (χ0) is 20.8. The number of H-pyrrole nitrogens is 1. The molecule has 0 spiro atoms. The lowest BCUT2D eigenvalue weighted by molar-refractivity contribution is 0.240. The van der Waals surface area contributed by atoms with Crippen LogP contribution in [0.15, 0.2) is 42.7 Å². The predicted octanol–water partition coefficient (Wildman–Crippen LogP) is 1.51. The monoisotopic (exact) mass is 407 g/mol. The molecule has 0 aliphatic carbocycles. The summed E-state index contributed by atoms with van der Waals surface area (Å²) in [6.45, 7) is 6.81. The van der Waals surface area contributed by atoms with E-state index in [4.69, 9.17) is 0 Å². The molecule has 4 rings (SSSR count). The number of piperazine rings is 1. The van der Waals surface area contributed by atoms with Crippen molar-refractivity contribution in [1.82, 2.24) is 35.4 Å². The van der Waals surface area contributed by atoms with Crippen LogP contribution in [0.1, 0.15) is 5.82 Å². The molecular weight excluding hydrogens is 382 g/mol. The summed E-state index contributed by atoms with van der Waals surface area (Å²) in [5.41, 5.74) is 1.54. The van der Waals surface area contributed by atoms with Crippen LogP contribution in [-0.2, 0) is 0 Å². The molecule has 3 N–H and O–H groups in total. The molecule has 30 heavy (non-hydrogen) atoms. The maximum Gasteiger partial charge on any atom is 0.319 e. The van der Waals surface area contributed by atoms with Crippen molar-refractivity contribution >= 4 is 17.7 Å². The maximum absolute atomic E-state index is 12.2. The smallest absolute Gasteiger partial charge is 0.319 e. The van der Waals surface area contributed by atoms with Gasteiger partial charge in [0, 0.05) is 62.9 Å². The Kier molecular flexibility index (Phi) is 6.14. The highest BCUT2D eigenvalue weighted by molar-refractivity contribution is 5.89. The topological polar surface area (TPSA) is 115 Å². The van der Waals surface area contributed by atoms with Gasteiger partial charge >= 0.3 is 6.03 Å². The Hall–Kier alpha value is -3.53. The first kappa shape index (κ1) is 19.8. The van der Waals surface area contributed by atoms with Gasteiger partial charge < -0.3 is 15.5 Å². The zero-order valence-electron chi connectivity index (χ0n) is 16.9. The highest BCUT2D eigenvalue weighted by Crippen LogP contribution is 2.19.